The Morgan fingerprint density at radius 1 is 1.44 bits per heavy atom. The molecule has 1 heterocycles. The summed E-state index contributed by atoms with van der Waals surface area (Å²) >= 11 is 5.83. The summed E-state index contributed by atoms with van der Waals surface area (Å²) in [6.45, 7) is 3.99. The van der Waals surface area contributed by atoms with E-state index >= 15 is 0 Å². The Morgan fingerprint density at radius 3 is 3.06 bits per heavy atom. The molecule has 0 atom stereocenters. The van der Waals surface area contributed by atoms with E-state index in [0.717, 1.165) is 29.7 Å². The van der Waals surface area contributed by atoms with Gasteiger partial charge in [-0.1, -0.05) is 22.9 Å². The molecule has 1 aromatic carbocycles. The fourth-order valence-corrected chi connectivity index (χ4v) is 2.64. The zero-order chi connectivity index (χ0) is 13.0. The van der Waals surface area contributed by atoms with Crippen molar-refractivity contribution in [3.05, 3.63) is 44.5 Å². The number of hydrogen-bond acceptors (Lipinski definition) is 2. The van der Waals surface area contributed by atoms with Gasteiger partial charge in [-0.3, -0.25) is 0 Å². The molecule has 0 radical (unpaired) electrons. The normalized spacial score (nSPS) is 10.6. The first-order valence-electron chi connectivity index (χ1n) is 5.88. The number of imidazole rings is 1. The first-order chi connectivity index (χ1) is 8.70. The zero-order valence-electron chi connectivity index (χ0n) is 10.2. The van der Waals surface area contributed by atoms with Crippen molar-refractivity contribution >= 4 is 44.2 Å². The fourth-order valence-electron chi connectivity index (χ4n) is 1.76. The molecule has 0 saturated carbocycles. The third-order valence-corrected chi connectivity index (χ3v) is 4.09. The van der Waals surface area contributed by atoms with Crippen LogP contribution in [-0.4, -0.2) is 9.55 Å². The summed E-state index contributed by atoms with van der Waals surface area (Å²) in [6, 6.07) is 6.24. The fraction of sp³-hybridized carbons (Fsp3) is 0.308. The highest BCUT2D eigenvalue weighted by molar-refractivity contribution is 14.1. The van der Waals surface area contributed by atoms with E-state index in [1.165, 1.54) is 9.26 Å². The van der Waals surface area contributed by atoms with E-state index in [9.17, 15) is 0 Å². The lowest BCUT2D eigenvalue weighted by molar-refractivity contribution is 0.651. The van der Waals surface area contributed by atoms with Crippen LogP contribution in [0.3, 0.4) is 0 Å². The molecule has 5 heteroatoms. The molecular weight excluding hydrogens is 405 g/mol. The van der Waals surface area contributed by atoms with Gasteiger partial charge in [-0.05, 0) is 47.2 Å². The summed E-state index contributed by atoms with van der Waals surface area (Å²) < 4.78 is 4.50. The van der Waals surface area contributed by atoms with Gasteiger partial charge in [0, 0.05) is 26.5 Å². The molecule has 0 saturated heterocycles. The number of rotatable bonds is 5. The number of halogens is 2. The molecule has 0 bridgehead atoms. The summed E-state index contributed by atoms with van der Waals surface area (Å²) in [5.74, 6) is 0. The van der Waals surface area contributed by atoms with Crippen LogP contribution in [0.25, 0.3) is 0 Å². The van der Waals surface area contributed by atoms with Crippen LogP contribution < -0.4 is 5.32 Å². The van der Waals surface area contributed by atoms with Crippen molar-refractivity contribution in [2.24, 2.45) is 0 Å². The molecule has 0 spiro atoms. The predicted molar refractivity (Wildman–Crippen MR) is 86.7 cm³/mol. The Labute approximate surface area is 129 Å². The van der Waals surface area contributed by atoms with Gasteiger partial charge in [0.25, 0.3) is 0 Å². The molecule has 2 aromatic rings. The Balaban J connectivity index is 2.06. The smallest absolute Gasteiger partial charge is 0.0948 e. The van der Waals surface area contributed by atoms with E-state index in [4.69, 9.17) is 0 Å². The third kappa shape index (κ3) is 3.47. The van der Waals surface area contributed by atoms with Gasteiger partial charge in [0.15, 0.2) is 0 Å². The Kier molecular flexibility index (Phi) is 5.05. The van der Waals surface area contributed by atoms with E-state index < -0.39 is 0 Å². The van der Waals surface area contributed by atoms with Crippen molar-refractivity contribution in [1.29, 1.82) is 0 Å². The minimum atomic E-state index is 0.798. The molecule has 0 aliphatic carbocycles. The van der Waals surface area contributed by atoms with Crippen LogP contribution in [0.5, 0.6) is 0 Å². The first-order valence-corrected chi connectivity index (χ1v) is 7.76. The Morgan fingerprint density at radius 2 is 2.28 bits per heavy atom. The second-order valence-electron chi connectivity index (χ2n) is 4.06. The maximum Gasteiger partial charge on any atom is 0.0948 e. The molecule has 3 nitrogen and oxygen atoms in total. The highest BCUT2D eigenvalue weighted by atomic mass is 127. The van der Waals surface area contributed by atoms with Crippen molar-refractivity contribution in [3.63, 3.8) is 0 Å². The molecule has 1 N–H and O–H groups in total. The number of benzene rings is 1. The van der Waals surface area contributed by atoms with E-state index in [1.807, 2.05) is 18.6 Å². The molecule has 0 fully saturated rings. The first kappa shape index (κ1) is 13.9. The van der Waals surface area contributed by atoms with Crippen molar-refractivity contribution in [3.8, 4) is 0 Å². The van der Waals surface area contributed by atoms with Gasteiger partial charge in [0.2, 0.25) is 0 Å². The molecule has 0 amide bonds. The van der Waals surface area contributed by atoms with Gasteiger partial charge in [0.05, 0.1) is 18.6 Å². The SMILES string of the molecule is CCCn1cncc1CNc1cc(Br)ccc1I. The quantitative estimate of drug-likeness (QED) is 0.733. The largest absolute Gasteiger partial charge is 0.379 e. The summed E-state index contributed by atoms with van der Waals surface area (Å²) in [7, 11) is 0. The molecule has 0 unspecified atom stereocenters. The molecule has 2 rings (SSSR count). The number of aromatic nitrogens is 2. The van der Waals surface area contributed by atoms with Crippen molar-refractivity contribution in [2.75, 3.05) is 5.32 Å². The second kappa shape index (κ2) is 6.56. The number of nitrogens with one attached hydrogen (secondary N) is 1. The number of anilines is 1. The van der Waals surface area contributed by atoms with Crippen LogP contribution >= 0.6 is 38.5 Å². The summed E-state index contributed by atoms with van der Waals surface area (Å²) in [5.41, 5.74) is 2.36. The van der Waals surface area contributed by atoms with Crippen molar-refractivity contribution < 1.29 is 0 Å². The van der Waals surface area contributed by atoms with Crippen molar-refractivity contribution in [1.82, 2.24) is 9.55 Å². The van der Waals surface area contributed by atoms with Crippen LogP contribution in [0, 0.1) is 3.57 Å². The van der Waals surface area contributed by atoms with E-state index in [0.29, 0.717) is 0 Å². The lowest BCUT2D eigenvalue weighted by Crippen LogP contribution is -2.07. The summed E-state index contributed by atoms with van der Waals surface area (Å²) in [6.07, 6.45) is 4.94. The lowest BCUT2D eigenvalue weighted by Gasteiger charge is -2.11. The minimum absolute atomic E-state index is 0.798. The summed E-state index contributed by atoms with van der Waals surface area (Å²) in [5, 5.41) is 3.46. The van der Waals surface area contributed by atoms with Gasteiger partial charge < -0.3 is 9.88 Å². The molecule has 0 aliphatic rings. The average Bonchev–Trinajstić information content (AvgIpc) is 2.78. The molecule has 96 valence electrons. The van der Waals surface area contributed by atoms with Gasteiger partial charge in [-0.25, -0.2) is 4.98 Å². The van der Waals surface area contributed by atoms with Gasteiger partial charge in [0.1, 0.15) is 0 Å². The number of aryl methyl sites for hydroxylation is 1. The summed E-state index contributed by atoms with van der Waals surface area (Å²) in [4.78, 5) is 4.20. The molecule has 1 aromatic heterocycles. The zero-order valence-corrected chi connectivity index (χ0v) is 13.9. The molecular formula is C13H15BrIN3. The maximum absolute atomic E-state index is 4.20. The average molecular weight is 420 g/mol. The maximum atomic E-state index is 4.20. The number of nitrogens with zero attached hydrogens (tertiary/aromatic N) is 2. The highest BCUT2D eigenvalue weighted by Gasteiger charge is 2.03. The van der Waals surface area contributed by atoms with Crippen molar-refractivity contribution in [2.45, 2.75) is 26.4 Å². The molecule has 18 heavy (non-hydrogen) atoms. The van der Waals surface area contributed by atoms with Gasteiger partial charge in [-0.2, -0.15) is 0 Å². The molecule has 0 aliphatic heterocycles. The topological polar surface area (TPSA) is 29.9 Å². The minimum Gasteiger partial charge on any atom is -0.379 e. The second-order valence-corrected chi connectivity index (χ2v) is 6.13. The van der Waals surface area contributed by atoms with E-state index in [1.54, 1.807) is 0 Å². The monoisotopic (exact) mass is 419 g/mol. The highest BCUT2D eigenvalue weighted by Crippen LogP contribution is 2.23. The van der Waals surface area contributed by atoms with Crippen LogP contribution in [0.1, 0.15) is 19.0 Å². The lowest BCUT2D eigenvalue weighted by atomic mass is 10.3. The standard InChI is InChI=1S/C13H15BrIN3/c1-2-5-18-9-16-7-11(18)8-17-13-6-10(14)3-4-12(13)15/h3-4,6-7,9,17H,2,5,8H2,1H3. The van der Waals surface area contributed by atoms with Gasteiger partial charge in [-0.15, -0.1) is 0 Å². The van der Waals surface area contributed by atoms with Gasteiger partial charge >= 0.3 is 0 Å². The Hall–Kier alpha value is -0.560. The van der Waals surface area contributed by atoms with Crippen LogP contribution in [0.2, 0.25) is 0 Å². The Bertz CT molecular complexity index is 525. The predicted octanol–water partition coefficient (Wildman–Crippen LogP) is 4.27. The van der Waals surface area contributed by atoms with E-state index in [2.05, 4.69) is 72.4 Å². The van der Waals surface area contributed by atoms with Crippen LogP contribution in [-0.2, 0) is 13.1 Å². The number of hydrogen-bond donors (Lipinski definition) is 1. The van der Waals surface area contributed by atoms with Crippen LogP contribution in [0.4, 0.5) is 5.69 Å². The van der Waals surface area contributed by atoms with Crippen LogP contribution in [0.15, 0.2) is 35.2 Å². The third-order valence-electron chi connectivity index (χ3n) is 2.65. The van der Waals surface area contributed by atoms with E-state index in [-0.39, 0.29) is 0 Å².